The van der Waals surface area contributed by atoms with Gasteiger partial charge in [-0.25, -0.2) is 4.98 Å². The maximum atomic E-state index is 5.96. The highest BCUT2D eigenvalue weighted by molar-refractivity contribution is 7.80. The summed E-state index contributed by atoms with van der Waals surface area (Å²) < 4.78 is 0. The highest BCUT2D eigenvalue weighted by atomic mass is 32.1. The Morgan fingerprint density at radius 3 is 2.90 bits per heavy atom. The number of aromatic nitrogens is 1. The van der Waals surface area contributed by atoms with Gasteiger partial charge < -0.3 is 10.6 Å². The molecule has 0 saturated carbocycles. The second kappa shape index (κ2) is 5.98. The van der Waals surface area contributed by atoms with Crippen LogP contribution in [0.2, 0.25) is 0 Å². The van der Waals surface area contributed by atoms with Crippen molar-refractivity contribution in [3.05, 3.63) is 35.9 Å². The van der Waals surface area contributed by atoms with Crippen molar-refractivity contribution in [2.45, 2.75) is 38.6 Å². The lowest BCUT2D eigenvalue weighted by Crippen LogP contribution is -2.35. The van der Waals surface area contributed by atoms with E-state index < -0.39 is 0 Å². The van der Waals surface area contributed by atoms with E-state index >= 15 is 0 Å². The van der Waals surface area contributed by atoms with Crippen molar-refractivity contribution in [3.63, 3.8) is 0 Å². The van der Waals surface area contributed by atoms with Gasteiger partial charge in [0.25, 0.3) is 0 Å². The Labute approximate surface area is 131 Å². The van der Waals surface area contributed by atoms with E-state index in [9.17, 15) is 0 Å². The minimum Gasteiger partial charge on any atom is -0.389 e. The highest BCUT2D eigenvalue weighted by Crippen LogP contribution is 2.28. The average Bonchev–Trinajstić information content (AvgIpc) is 2.70. The minimum atomic E-state index is 0.430. The fourth-order valence-corrected chi connectivity index (χ4v) is 3.25. The first-order valence-electron chi connectivity index (χ1n) is 7.63. The first-order chi connectivity index (χ1) is 10.2. The topological polar surface area (TPSA) is 42.2 Å². The number of pyridine rings is 1. The molecule has 1 unspecified atom stereocenters. The highest BCUT2D eigenvalue weighted by Gasteiger charge is 2.22. The number of fused-ring (bicyclic) bond motifs is 1. The van der Waals surface area contributed by atoms with Crippen LogP contribution in [0.1, 0.15) is 38.2 Å². The van der Waals surface area contributed by atoms with Crippen LogP contribution >= 0.6 is 12.2 Å². The summed E-state index contributed by atoms with van der Waals surface area (Å²) in [5.41, 5.74) is 7.87. The Bertz CT molecular complexity index is 668. The second-order valence-corrected chi connectivity index (χ2v) is 6.25. The first kappa shape index (κ1) is 14.3. The molecule has 21 heavy (non-hydrogen) atoms. The van der Waals surface area contributed by atoms with Crippen LogP contribution in [0.15, 0.2) is 30.3 Å². The number of hydrogen-bond donors (Lipinski definition) is 1. The fourth-order valence-electron chi connectivity index (χ4n) is 3.10. The number of para-hydroxylation sites is 1. The predicted molar refractivity (Wildman–Crippen MR) is 92.9 cm³/mol. The lowest BCUT2D eigenvalue weighted by molar-refractivity contribution is 0.611. The molecule has 0 aliphatic carbocycles. The zero-order chi connectivity index (χ0) is 14.8. The SMILES string of the molecule is CC1CCCCCN1c1nc2ccccc2cc1C(N)=S. The molecule has 0 amide bonds. The molecule has 3 nitrogen and oxygen atoms in total. The lowest BCUT2D eigenvalue weighted by Gasteiger charge is -2.30. The third kappa shape index (κ3) is 2.86. The molecule has 2 aromatic rings. The monoisotopic (exact) mass is 299 g/mol. The molecule has 0 bridgehead atoms. The van der Waals surface area contributed by atoms with Gasteiger partial charge in [0.1, 0.15) is 10.8 Å². The van der Waals surface area contributed by atoms with E-state index in [0.717, 1.165) is 28.8 Å². The molecule has 110 valence electrons. The van der Waals surface area contributed by atoms with Crippen molar-refractivity contribution >= 4 is 33.9 Å². The van der Waals surface area contributed by atoms with Crippen LogP contribution < -0.4 is 10.6 Å². The molecule has 1 aliphatic rings. The fraction of sp³-hybridized carbons (Fsp3) is 0.412. The van der Waals surface area contributed by atoms with E-state index in [4.69, 9.17) is 22.9 Å². The maximum absolute atomic E-state index is 5.96. The van der Waals surface area contributed by atoms with E-state index in [1.54, 1.807) is 0 Å². The van der Waals surface area contributed by atoms with Gasteiger partial charge in [-0.05, 0) is 31.9 Å². The molecule has 4 heteroatoms. The van der Waals surface area contributed by atoms with Crippen LogP contribution in [0.4, 0.5) is 5.82 Å². The number of thiocarbonyl (C=S) groups is 1. The molecule has 1 aliphatic heterocycles. The summed E-state index contributed by atoms with van der Waals surface area (Å²) in [6.45, 7) is 3.30. The van der Waals surface area contributed by atoms with Gasteiger partial charge in [0.15, 0.2) is 0 Å². The van der Waals surface area contributed by atoms with Crippen LogP contribution in [-0.4, -0.2) is 22.6 Å². The van der Waals surface area contributed by atoms with E-state index in [2.05, 4.69) is 24.0 Å². The van der Waals surface area contributed by atoms with E-state index in [1.807, 2.05) is 18.2 Å². The third-order valence-electron chi connectivity index (χ3n) is 4.29. The summed E-state index contributed by atoms with van der Waals surface area (Å²) in [4.78, 5) is 7.68. The molecule has 0 radical (unpaired) electrons. The summed E-state index contributed by atoms with van der Waals surface area (Å²) in [7, 11) is 0. The predicted octanol–water partition coefficient (Wildman–Crippen LogP) is 3.64. The number of nitrogens with zero attached hydrogens (tertiary/aromatic N) is 2. The van der Waals surface area contributed by atoms with Crippen LogP contribution in [0.3, 0.4) is 0 Å². The Morgan fingerprint density at radius 1 is 1.29 bits per heavy atom. The molecule has 2 heterocycles. The number of hydrogen-bond acceptors (Lipinski definition) is 3. The number of benzene rings is 1. The van der Waals surface area contributed by atoms with Gasteiger partial charge in [-0.15, -0.1) is 0 Å². The molecule has 1 aromatic heterocycles. The number of nitrogens with two attached hydrogens (primary N) is 1. The summed E-state index contributed by atoms with van der Waals surface area (Å²) in [6.07, 6.45) is 4.98. The maximum Gasteiger partial charge on any atom is 0.139 e. The van der Waals surface area contributed by atoms with Gasteiger partial charge in [-0.3, -0.25) is 0 Å². The zero-order valence-electron chi connectivity index (χ0n) is 12.4. The first-order valence-corrected chi connectivity index (χ1v) is 8.04. The van der Waals surface area contributed by atoms with Gasteiger partial charge in [0.2, 0.25) is 0 Å². The van der Waals surface area contributed by atoms with Crippen molar-refractivity contribution < 1.29 is 0 Å². The molecule has 1 aromatic carbocycles. The quantitative estimate of drug-likeness (QED) is 0.860. The zero-order valence-corrected chi connectivity index (χ0v) is 13.2. The van der Waals surface area contributed by atoms with Crippen molar-refractivity contribution in [2.24, 2.45) is 5.73 Å². The molecule has 1 saturated heterocycles. The average molecular weight is 299 g/mol. The summed E-state index contributed by atoms with van der Waals surface area (Å²) in [5.74, 6) is 0.954. The molecule has 0 spiro atoms. The smallest absolute Gasteiger partial charge is 0.139 e. The minimum absolute atomic E-state index is 0.430. The largest absolute Gasteiger partial charge is 0.389 e. The molecule has 2 N–H and O–H groups in total. The van der Waals surface area contributed by atoms with Crippen molar-refractivity contribution in [2.75, 3.05) is 11.4 Å². The van der Waals surface area contributed by atoms with Crippen LogP contribution in [0.25, 0.3) is 10.9 Å². The van der Waals surface area contributed by atoms with E-state index in [0.29, 0.717) is 11.0 Å². The van der Waals surface area contributed by atoms with E-state index in [-0.39, 0.29) is 0 Å². The molecular formula is C17H21N3S. The number of rotatable bonds is 2. The lowest BCUT2D eigenvalue weighted by atomic mass is 10.1. The van der Waals surface area contributed by atoms with Gasteiger partial charge in [-0.1, -0.05) is 43.3 Å². The van der Waals surface area contributed by atoms with Gasteiger partial charge >= 0.3 is 0 Å². The van der Waals surface area contributed by atoms with Crippen molar-refractivity contribution in [1.29, 1.82) is 0 Å². The second-order valence-electron chi connectivity index (χ2n) is 5.81. The van der Waals surface area contributed by atoms with Gasteiger partial charge in [-0.2, -0.15) is 0 Å². The van der Waals surface area contributed by atoms with Crippen molar-refractivity contribution in [3.8, 4) is 0 Å². The molecule has 1 fully saturated rings. The summed E-state index contributed by atoms with van der Waals surface area (Å²) >= 11 is 5.27. The Morgan fingerprint density at radius 2 is 2.10 bits per heavy atom. The van der Waals surface area contributed by atoms with Gasteiger partial charge in [0.05, 0.1) is 11.1 Å². The molecular weight excluding hydrogens is 278 g/mol. The molecule has 1 atom stereocenters. The van der Waals surface area contributed by atoms with Crippen LogP contribution in [-0.2, 0) is 0 Å². The summed E-state index contributed by atoms with van der Waals surface area (Å²) in [6, 6.07) is 10.7. The summed E-state index contributed by atoms with van der Waals surface area (Å²) in [5, 5.41) is 1.09. The normalized spacial score (nSPS) is 19.5. The van der Waals surface area contributed by atoms with Crippen LogP contribution in [0.5, 0.6) is 0 Å². The Hall–Kier alpha value is -1.68. The Balaban J connectivity index is 2.14. The Kier molecular flexibility index (Phi) is 4.06. The standard InChI is InChI=1S/C17H21N3S/c1-12-7-3-2-6-10-20(12)17-14(16(18)21)11-13-8-4-5-9-15(13)19-17/h4-5,8-9,11-12H,2-3,6-7,10H2,1H3,(H2,18,21). The van der Waals surface area contributed by atoms with Crippen molar-refractivity contribution in [1.82, 2.24) is 4.98 Å². The van der Waals surface area contributed by atoms with Gasteiger partial charge in [0, 0.05) is 18.0 Å². The van der Waals surface area contributed by atoms with E-state index in [1.165, 1.54) is 25.7 Å². The number of anilines is 1. The third-order valence-corrected chi connectivity index (χ3v) is 4.51. The molecule has 3 rings (SSSR count). The van der Waals surface area contributed by atoms with Crippen LogP contribution in [0, 0.1) is 0 Å².